The monoisotopic (exact) mass is 399 g/mol. The van der Waals surface area contributed by atoms with Gasteiger partial charge in [0.15, 0.2) is 0 Å². The number of aryl methyl sites for hydroxylation is 1. The Kier molecular flexibility index (Phi) is 5.84. The molecule has 1 N–H and O–H groups in total. The molecule has 0 atom stereocenters. The number of unbranched alkanes of at least 4 members (excludes halogenated alkanes) is 1. The van der Waals surface area contributed by atoms with Gasteiger partial charge in [0.2, 0.25) is 0 Å². The fourth-order valence-electron chi connectivity index (χ4n) is 3.12. The Morgan fingerprint density at radius 2 is 1.82 bits per heavy atom. The summed E-state index contributed by atoms with van der Waals surface area (Å²) in [5.41, 5.74) is 3.02. The molecule has 0 bridgehead atoms. The van der Waals surface area contributed by atoms with Gasteiger partial charge in [-0.2, -0.15) is 8.42 Å². The van der Waals surface area contributed by atoms with Crippen molar-refractivity contribution in [2.24, 2.45) is 4.40 Å². The number of nitrogens with one attached hydrogen (secondary N) is 1. The minimum Gasteiger partial charge on any atom is -0.348 e. The molecule has 1 amide bonds. The van der Waals surface area contributed by atoms with Crippen LogP contribution in [0, 0.1) is 6.92 Å². The second kappa shape index (κ2) is 8.14. The van der Waals surface area contributed by atoms with Crippen LogP contribution in [0.3, 0.4) is 0 Å². The van der Waals surface area contributed by atoms with Gasteiger partial charge in [-0.1, -0.05) is 43.2 Å². The summed E-state index contributed by atoms with van der Waals surface area (Å²) in [5.74, 6) is 0.141. The van der Waals surface area contributed by atoms with Gasteiger partial charge in [-0.25, -0.2) is 0 Å². The highest BCUT2D eigenvalue weighted by molar-refractivity contribution is 7.90. The summed E-state index contributed by atoms with van der Waals surface area (Å²) in [6, 6.07) is 12.7. The summed E-state index contributed by atoms with van der Waals surface area (Å²) in [6.07, 6.45) is 1.91. The van der Waals surface area contributed by atoms with Crippen molar-refractivity contribution in [2.75, 3.05) is 11.4 Å². The summed E-state index contributed by atoms with van der Waals surface area (Å²) in [6.45, 7) is 6.84. The van der Waals surface area contributed by atoms with Crippen LogP contribution in [0.1, 0.15) is 48.2 Å². The van der Waals surface area contributed by atoms with Gasteiger partial charge in [-0.05, 0) is 44.0 Å². The van der Waals surface area contributed by atoms with E-state index in [0.717, 1.165) is 24.0 Å². The molecule has 0 spiro atoms. The Balaban J connectivity index is 1.83. The van der Waals surface area contributed by atoms with Crippen molar-refractivity contribution in [3.8, 4) is 0 Å². The lowest BCUT2D eigenvalue weighted by atomic mass is 10.1. The summed E-state index contributed by atoms with van der Waals surface area (Å²) in [7, 11) is -3.81. The van der Waals surface area contributed by atoms with Crippen LogP contribution < -0.4 is 10.2 Å². The van der Waals surface area contributed by atoms with Crippen LogP contribution in [0.2, 0.25) is 0 Å². The van der Waals surface area contributed by atoms with Crippen molar-refractivity contribution < 1.29 is 13.2 Å². The summed E-state index contributed by atoms with van der Waals surface area (Å²) in [4.78, 5) is 14.5. The van der Waals surface area contributed by atoms with Crippen molar-refractivity contribution in [3.05, 3.63) is 59.2 Å². The Morgan fingerprint density at radius 3 is 2.50 bits per heavy atom. The van der Waals surface area contributed by atoms with Gasteiger partial charge in [0.25, 0.3) is 15.9 Å². The first-order chi connectivity index (χ1) is 13.3. The molecule has 1 aliphatic heterocycles. The molecule has 1 heterocycles. The number of hydrogen-bond donors (Lipinski definition) is 1. The van der Waals surface area contributed by atoms with Gasteiger partial charge < -0.3 is 10.2 Å². The Labute approximate surface area is 166 Å². The van der Waals surface area contributed by atoms with Crippen LogP contribution >= 0.6 is 0 Å². The van der Waals surface area contributed by atoms with Gasteiger partial charge in [0.05, 0.1) is 5.69 Å². The van der Waals surface area contributed by atoms with Gasteiger partial charge in [-0.15, -0.1) is 4.40 Å². The number of anilines is 1. The lowest BCUT2D eigenvalue weighted by molar-refractivity contribution is 0.0950. The first-order valence-corrected chi connectivity index (χ1v) is 10.8. The SMILES string of the molecule is CCCCN1C(C)=NS(=O)(=O)c2cc(C(=O)NCc3ccc(C)cc3)ccc21. The molecular formula is C21H25N3O3S. The van der Waals surface area contributed by atoms with Crippen molar-refractivity contribution in [3.63, 3.8) is 0 Å². The Morgan fingerprint density at radius 1 is 1.11 bits per heavy atom. The van der Waals surface area contributed by atoms with Crippen LogP contribution in [0.4, 0.5) is 5.69 Å². The fourth-order valence-corrected chi connectivity index (χ4v) is 4.38. The average molecular weight is 400 g/mol. The van der Waals surface area contributed by atoms with E-state index in [9.17, 15) is 13.2 Å². The molecule has 0 unspecified atom stereocenters. The molecule has 7 heteroatoms. The topological polar surface area (TPSA) is 78.8 Å². The predicted molar refractivity (Wildman–Crippen MR) is 111 cm³/mol. The largest absolute Gasteiger partial charge is 0.348 e. The number of benzene rings is 2. The van der Waals surface area contributed by atoms with Gasteiger partial charge in [0.1, 0.15) is 10.7 Å². The number of carbonyl (C=O) groups excluding carboxylic acids is 1. The van der Waals surface area contributed by atoms with Crippen LogP contribution in [0.5, 0.6) is 0 Å². The molecule has 0 saturated carbocycles. The van der Waals surface area contributed by atoms with E-state index in [4.69, 9.17) is 0 Å². The number of amides is 1. The molecular weight excluding hydrogens is 374 g/mol. The van der Waals surface area contributed by atoms with Gasteiger partial charge in [-0.3, -0.25) is 4.79 Å². The quantitative estimate of drug-likeness (QED) is 0.804. The maximum Gasteiger partial charge on any atom is 0.286 e. The third-order valence-electron chi connectivity index (χ3n) is 4.74. The number of rotatable bonds is 6. The standard InChI is InChI=1S/C21H25N3O3S/c1-4-5-12-24-16(3)23-28(26,27)20-13-18(10-11-19(20)24)21(25)22-14-17-8-6-15(2)7-9-17/h6-11,13H,4-5,12,14H2,1-3H3,(H,22,25). The zero-order valence-corrected chi connectivity index (χ0v) is 17.2. The fraction of sp³-hybridized carbons (Fsp3) is 0.333. The molecule has 2 aromatic carbocycles. The van der Waals surface area contributed by atoms with Crippen molar-refractivity contribution >= 4 is 27.5 Å². The molecule has 0 aliphatic carbocycles. The van der Waals surface area contributed by atoms with Crippen LogP contribution in [-0.2, 0) is 16.6 Å². The first-order valence-electron chi connectivity index (χ1n) is 9.38. The van der Waals surface area contributed by atoms with E-state index in [1.165, 1.54) is 6.07 Å². The van der Waals surface area contributed by atoms with E-state index < -0.39 is 10.0 Å². The molecule has 1 aliphatic rings. The van der Waals surface area contributed by atoms with Crippen molar-refractivity contribution in [2.45, 2.75) is 45.1 Å². The van der Waals surface area contributed by atoms with E-state index in [-0.39, 0.29) is 10.8 Å². The summed E-state index contributed by atoms with van der Waals surface area (Å²) >= 11 is 0. The lowest BCUT2D eigenvalue weighted by Gasteiger charge is -2.29. The third kappa shape index (κ3) is 4.25. The molecule has 0 fully saturated rings. The number of fused-ring (bicyclic) bond motifs is 1. The Hall–Kier alpha value is -2.67. The summed E-state index contributed by atoms with van der Waals surface area (Å²) < 4.78 is 29.0. The minimum absolute atomic E-state index is 0.0807. The van der Waals surface area contributed by atoms with Gasteiger partial charge in [0, 0.05) is 18.7 Å². The highest BCUT2D eigenvalue weighted by Gasteiger charge is 2.29. The normalized spacial score (nSPS) is 15.0. The van der Waals surface area contributed by atoms with E-state index in [0.29, 0.717) is 30.2 Å². The zero-order chi connectivity index (χ0) is 20.3. The van der Waals surface area contributed by atoms with E-state index in [2.05, 4.69) is 16.6 Å². The zero-order valence-electron chi connectivity index (χ0n) is 16.4. The van der Waals surface area contributed by atoms with E-state index in [1.807, 2.05) is 36.1 Å². The van der Waals surface area contributed by atoms with Gasteiger partial charge >= 0.3 is 0 Å². The molecule has 0 aromatic heterocycles. The molecule has 0 saturated heterocycles. The van der Waals surface area contributed by atoms with Crippen LogP contribution in [0.15, 0.2) is 51.8 Å². The lowest BCUT2D eigenvalue weighted by Crippen LogP contribution is -2.35. The van der Waals surface area contributed by atoms with Crippen molar-refractivity contribution in [1.82, 2.24) is 5.32 Å². The highest BCUT2D eigenvalue weighted by Crippen LogP contribution is 2.32. The smallest absolute Gasteiger partial charge is 0.286 e. The number of nitrogens with zero attached hydrogens (tertiary/aromatic N) is 2. The highest BCUT2D eigenvalue weighted by atomic mass is 32.2. The maximum absolute atomic E-state index is 12.5. The molecule has 148 valence electrons. The molecule has 28 heavy (non-hydrogen) atoms. The van der Waals surface area contributed by atoms with Crippen molar-refractivity contribution in [1.29, 1.82) is 0 Å². The second-order valence-corrected chi connectivity index (χ2v) is 8.54. The summed E-state index contributed by atoms with van der Waals surface area (Å²) in [5, 5.41) is 2.84. The van der Waals surface area contributed by atoms with E-state index >= 15 is 0 Å². The molecule has 2 aromatic rings. The first kappa shape index (κ1) is 20.1. The Bertz CT molecular complexity index is 1010. The van der Waals surface area contributed by atoms with E-state index in [1.54, 1.807) is 19.1 Å². The number of hydrogen-bond acceptors (Lipinski definition) is 4. The third-order valence-corrected chi connectivity index (χ3v) is 6.13. The predicted octanol–water partition coefficient (Wildman–Crippen LogP) is 3.65. The second-order valence-electron chi connectivity index (χ2n) is 6.97. The number of amidine groups is 1. The average Bonchev–Trinajstić information content (AvgIpc) is 2.66. The number of carbonyl (C=O) groups is 1. The molecule has 6 nitrogen and oxygen atoms in total. The van der Waals surface area contributed by atoms with Crippen LogP contribution in [-0.4, -0.2) is 26.7 Å². The maximum atomic E-state index is 12.5. The molecule has 0 radical (unpaired) electrons. The van der Waals surface area contributed by atoms with Crippen LogP contribution in [0.25, 0.3) is 0 Å². The number of sulfonamides is 1. The minimum atomic E-state index is -3.81. The molecule has 3 rings (SSSR count).